The summed E-state index contributed by atoms with van der Waals surface area (Å²) in [6.07, 6.45) is -17.3. The third-order valence-corrected chi connectivity index (χ3v) is 3.61. The van der Waals surface area contributed by atoms with Crippen molar-refractivity contribution in [3.63, 3.8) is 0 Å². The molecular formula is C17H11F9N2O2. The number of rotatable bonds is 5. The Labute approximate surface area is 162 Å². The van der Waals surface area contributed by atoms with E-state index >= 15 is 0 Å². The predicted molar refractivity (Wildman–Crippen MR) is 85.5 cm³/mol. The van der Waals surface area contributed by atoms with Crippen LogP contribution < -0.4 is 15.4 Å². The summed E-state index contributed by atoms with van der Waals surface area (Å²) in [5, 5.41) is 2.06. The number of carbonyl (C=O) groups excluding carboxylic acids is 1. The first-order chi connectivity index (χ1) is 13.6. The molecule has 2 rings (SSSR count). The summed E-state index contributed by atoms with van der Waals surface area (Å²) in [5.74, 6) is -2.55. The van der Waals surface area contributed by atoms with E-state index in [1.807, 2.05) is 0 Å². The number of amides is 1. The molecule has 0 aliphatic heterocycles. The number of nitrogens with one attached hydrogen (secondary N) is 2. The summed E-state index contributed by atoms with van der Waals surface area (Å²) in [4.78, 5) is 12.1. The average Bonchev–Trinajstić information content (AvgIpc) is 2.60. The molecule has 0 aromatic heterocycles. The molecule has 2 N–H and O–H groups in total. The number of carbonyl (C=O) groups is 1. The summed E-state index contributed by atoms with van der Waals surface area (Å²) < 4.78 is 121. The molecule has 0 unspecified atom stereocenters. The van der Waals surface area contributed by atoms with Crippen LogP contribution in [-0.4, -0.2) is 30.3 Å². The van der Waals surface area contributed by atoms with Crippen LogP contribution in [0.15, 0.2) is 54.6 Å². The summed E-state index contributed by atoms with van der Waals surface area (Å²) in [5.41, 5.74) is -6.29. The van der Waals surface area contributed by atoms with E-state index in [4.69, 9.17) is 0 Å². The molecule has 0 radical (unpaired) electrons. The van der Waals surface area contributed by atoms with Crippen molar-refractivity contribution in [2.45, 2.75) is 24.4 Å². The van der Waals surface area contributed by atoms with Crippen LogP contribution in [0.3, 0.4) is 0 Å². The molecule has 30 heavy (non-hydrogen) atoms. The summed E-state index contributed by atoms with van der Waals surface area (Å²) >= 11 is 0. The number of halogens is 9. The normalized spacial score (nSPS) is 13.0. The molecule has 1 amide bonds. The third-order valence-electron chi connectivity index (χ3n) is 3.61. The smallest absolute Gasteiger partial charge is 0.406 e. The highest BCUT2D eigenvalue weighted by molar-refractivity contribution is 5.95. The van der Waals surface area contributed by atoms with Crippen molar-refractivity contribution in [1.82, 2.24) is 5.32 Å². The van der Waals surface area contributed by atoms with E-state index in [-0.39, 0.29) is 0 Å². The lowest BCUT2D eigenvalue weighted by molar-refractivity contribution is -0.294. The zero-order chi connectivity index (χ0) is 22.8. The summed E-state index contributed by atoms with van der Waals surface area (Å²) in [7, 11) is 0. The van der Waals surface area contributed by atoms with Gasteiger partial charge in [0, 0.05) is 11.3 Å². The molecule has 0 atom stereocenters. The van der Waals surface area contributed by atoms with Crippen LogP contribution in [0.1, 0.15) is 10.4 Å². The second-order valence-corrected chi connectivity index (χ2v) is 5.76. The van der Waals surface area contributed by atoms with Crippen LogP contribution in [-0.2, 0) is 0 Å². The van der Waals surface area contributed by atoms with Gasteiger partial charge in [0.15, 0.2) is 0 Å². The lowest BCUT2D eigenvalue weighted by atomic mass is 10.1. The number of alkyl halides is 9. The van der Waals surface area contributed by atoms with Gasteiger partial charge in [-0.25, -0.2) is 0 Å². The molecule has 0 bridgehead atoms. The van der Waals surface area contributed by atoms with Crippen LogP contribution in [0.2, 0.25) is 0 Å². The van der Waals surface area contributed by atoms with Crippen molar-refractivity contribution in [2.75, 3.05) is 5.32 Å². The maximum absolute atomic E-state index is 13.6. The predicted octanol–water partition coefficient (Wildman–Crippen LogP) is 5.25. The first-order valence-electron chi connectivity index (χ1n) is 7.80. The maximum Gasteiger partial charge on any atom is 0.573 e. The molecule has 2 aromatic carbocycles. The van der Waals surface area contributed by atoms with Crippen molar-refractivity contribution in [2.24, 2.45) is 0 Å². The molecular weight excluding hydrogens is 435 g/mol. The van der Waals surface area contributed by atoms with E-state index in [2.05, 4.69) is 4.74 Å². The van der Waals surface area contributed by atoms with E-state index in [0.717, 1.165) is 22.8 Å². The van der Waals surface area contributed by atoms with Gasteiger partial charge in [-0.15, -0.1) is 13.2 Å². The molecule has 13 heteroatoms. The van der Waals surface area contributed by atoms with Crippen molar-refractivity contribution in [3.05, 3.63) is 60.2 Å². The van der Waals surface area contributed by atoms with Gasteiger partial charge >= 0.3 is 24.4 Å². The van der Waals surface area contributed by atoms with Crippen LogP contribution in [0.25, 0.3) is 0 Å². The van der Waals surface area contributed by atoms with Crippen LogP contribution in [0.4, 0.5) is 45.2 Å². The van der Waals surface area contributed by atoms with E-state index in [0.29, 0.717) is 24.3 Å². The van der Waals surface area contributed by atoms with Crippen molar-refractivity contribution in [3.8, 4) is 5.75 Å². The maximum atomic E-state index is 13.6. The molecule has 0 heterocycles. The van der Waals surface area contributed by atoms with Gasteiger partial charge in [-0.2, -0.15) is 26.3 Å². The number of ether oxygens (including phenoxy) is 1. The van der Waals surface area contributed by atoms with Gasteiger partial charge in [-0.3, -0.25) is 4.79 Å². The van der Waals surface area contributed by atoms with Gasteiger partial charge in [0.2, 0.25) is 0 Å². The fourth-order valence-electron chi connectivity index (χ4n) is 2.26. The van der Waals surface area contributed by atoms with Gasteiger partial charge in [0.1, 0.15) is 5.75 Å². The van der Waals surface area contributed by atoms with Gasteiger partial charge in [-0.05, 0) is 36.4 Å². The first-order valence-corrected chi connectivity index (χ1v) is 7.80. The number of benzene rings is 2. The van der Waals surface area contributed by atoms with Crippen LogP contribution in [0.5, 0.6) is 5.75 Å². The molecule has 0 aliphatic rings. The Kier molecular flexibility index (Phi) is 6.14. The summed E-state index contributed by atoms with van der Waals surface area (Å²) in [6.45, 7) is 0. The number of hydrogen-bond donors (Lipinski definition) is 2. The van der Waals surface area contributed by atoms with Gasteiger partial charge < -0.3 is 15.4 Å². The monoisotopic (exact) mass is 446 g/mol. The van der Waals surface area contributed by atoms with Crippen molar-refractivity contribution in [1.29, 1.82) is 0 Å². The molecule has 0 fully saturated rings. The molecule has 164 valence electrons. The quantitative estimate of drug-likeness (QED) is 0.488. The van der Waals surface area contributed by atoms with Crippen LogP contribution in [0, 0.1) is 0 Å². The Morgan fingerprint density at radius 1 is 0.733 bits per heavy atom. The van der Waals surface area contributed by atoms with E-state index in [9.17, 15) is 44.3 Å². The second-order valence-electron chi connectivity index (χ2n) is 5.76. The van der Waals surface area contributed by atoms with Crippen molar-refractivity contribution >= 4 is 11.6 Å². The second kappa shape index (κ2) is 7.95. The Bertz CT molecular complexity index is 846. The molecule has 0 aliphatic carbocycles. The molecule has 0 saturated heterocycles. The minimum atomic E-state index is -6.09. The Balaban J connectivity index is 2.42. The summed E-state index contributed by atoms with van der Waals surface area (Å²) in [6, 6.07) is 7.85. The zero-order valence-electron chi connectivity index (χ0n) is 14.4. The van der Waals surface area contributed by atoms with E-state index in [1.165, 1.54) is 18.2 Å². The van der Waals surface area contributed by atoms with E-state index in [1.54, 1.807) is 0 Å². The standard InChI is InChI=1S/C17H11F9N2O2/c18-15(19,20)14(16(21,22)23,28-13(29)10-4-2-1-3-5-10)27-11-6-8-12(9-7-11)30-17(24,25)26/h1-9,27H,(H,28,29). The zero-order valence-corrected chi connectivity index (χ0v) is 14.4. The molecule has 4 nitrogen and oxygen atoms in total. The minimum Gasteiger partial charge on any atom is -0.406 e. The van der Waals surface area contributed by atoms with Gasteiger partial charge in [-0.1, -0.05) is 18.2 Å². The van der Waals surface area contributed by atoms with Crippen molar-refractivity contribution < 1.29 is 49.0 Å². The fraction of sp³-hybridized carbons (Fsp3) is 0.235. The topological polar surface area (TPSA) is 50.4 Å². The molecule has 0 spiro atoms. The van der Waals surface area contributed by atoms with Crippen LogP contribution >= 0.6 is 0 Å². The molecule has 0 saturated carbocycles. The lowest BCUT2D eigenvalue weighted by Crippen LogP contribution is -2.72. The SMILES string of the molecule is O=C(NC(Nc1ccc(OC(F)(F)F)cc1)(C(F)(F)F)C(F)(F)F)c1ccccc1. The Hall–Kier alpha value is -3.12. The molecule has 2 aromatic rings. The Morgan fingerprint density at radius 2 is 1.23 bits per heavy atom. The minimum absolute atomic E-state index is 0.480. The van der Waals surface area contributed by atoms with E-state index < -0.39 is 47.3 Å². The lowest BCUT2D eigenvalue weighted by Gasteiger charge is -2.39. The largest absolute Gasteiger partial charge is 0.573 e. The fourth-order valence-corrected chi connectivity index (χ4v) is 2.26. The van der Waals surface area contributed by atoms with Gasteiger partial charge in [0.05, 0.1) is 0 Å². The third kappa shape index (κ3) is 5.27. The highest BCUT2D eigenvalue weighted by Crippen LogP contribution is 2.44. The highest BCUT2D eigenvalue weighted by Gasteiger charge is 2.72. The number of anilines is 1. The number of hydrogen-bond acceptors (Lipinski definition) is 3. The first kappa shape index (κ1) is 23.2. The average molecular weight is 446 g/mol. The Morgan fingerprint density at radius 3 is 1.67 bits per heavy atom. The highest BCUT2D eigenvalue weighted by atomic mass is 19.4. The van der Waals surface area contributed by atoms with Gasteiger partial charge in [0.25, 0.3) is 5.91 Å².